The van der Waals surface area contributed by atoms with Crippen LogP contribution in [-0.2, 0) is 0 Å². The van der Waals surface area contributed by atoms with Crippen molar-refractivity contribution in [3.05, 3.63) is 68.3 Å². The molecule has 0 spiro atoms. The van der Waals surface area contributed by atoms with Crippen molar-refractivity contribution in [2.24, 2.45) is 0 Å². The third-order valence-corrected chi connectivity index (χ3v) is 4.89. The van der Waals surface area contributed by atoms with E-state index in [1.807, 2.05) is 4.90 Å². The van der Waals surface area contributed by atoms with Gasteiger partial charge in [0.15, 0.2) is 0 Å². The number of non-ortho nitro benzene ring substituents is 1. The maximum atomic E-state index is 12.8. The van der Waals surface area contributed by atoms with Crippen molar-refractivity contribution in [2.45, 2.75) is 0 Å². The normalized spacial score (nSPS) is 13.9. The molecule has 1 saturated heterocycles. The molecular weight excluding hydrogens is 378 g/mol. The first-order valence-corrected chi connectivity index (χ1v) is 9.02. The van der Waals surface area contributed by atoms with Crippen LogP contribution in [0.5, 0.6) is 0 Å². The molecule has 3 rings (SSSR count). The molecule has 10 heteroatoms. The van der Waals surface area contributed by atoms with Gasteiger partial charge in [-0.3, -0.25) is 25.0 Å². The molecule has 0 aliphatic carbocycles. The van der Waals surface area contributed by atoms with E-state index in [0.717, 1.165) is 5.69 Å². The monoisotopic (exact) mass is 399 g/mol. The third-order valence-electron chi connectivity index (χ3n) is 4.89. The number of nitro benzene ring substituents is 2. The minimum atomic E-state index is -0.487. The van der Waals surface area contributed by atoms with E-state index < -0.39 is 9.85 Å². The van der Waals surface area contributed by atoms with Gasteiger partial charge in [0.05, 0.1) is 9.85 Å². The Balaban J connectivity index is 1.69. The van der Waals surface area contributed by atoms with E-state index in [9.17, 15) is 25.0 Å². The number of carbonyl (C=O) groups is 1. The highest BCUT2D eigenvalue weighted by Gasteiger charge is 2.25. The van der Waals surface area contributed by atoms with Gasteiger partial charge in [-0.25, -0.2) is 0 Å². The van der Waals surface area contributed by atoms with Gasteiger partial charge in [-0.1, -0.05) is 0 Å². The second-order valence-corrected chi connectivity index (χ2v) is 6.91. The molecule has 0 radical (unpaired) electrons. The lowest BCUT2D eigenvalue weighted by Crippen LogP contribution is -2.48. The van der Waals surface area contributed by atoms with Crippen LogP contribution in [-0.4, -0.2) is 60.9 Å². The summed E-state index contributed by atoms with van der Waals surface area (Å²) in [7, 11) is 3.42. The lowest BCUT2D eigenvalue weighted by Gasteiger charge is -2.36. The van der Waals surface area contributed by atoms with E-state index in [4.69, 9.17) is 0 Å². The first kappa shape index (κ1) is 20.1. The van der Waals surface area contributed by atoms with E-state index in [-0.39, 0.29) is 22.8 Å². The summed E-state index contributed by atoms with van der Waals surface area (Å²) in [5.74, 6) is -0.248. The maximum absolute atomic E-state index is 12.8. The van der Waals surface area contributed by atoms with Gasteiger partial charge in [0, 0.05) is 69.7 Å². The van der Waals surface area contributed by atoms with Crippen molar-refractivity contribution in [1.29, 1.82) is 0 Å². The van der Waals surface area contributed by atoms with Crippen LogP contribution in [0.25, 0.3) is 0 Å². The zero-order valence-electron chi connectivity index (χ0n) is 16.1. The molecule has 10 nitrogen and oxygen atoms in total. The fourth-order valence-electron chi connectivity index (χ4n) is 3.32. The number of amides is 1. The van der Waals surface area contributed by atoms with Crippen molar-refractivity contribution < 1.29 is 14.6 Å². The lowest BCUT2D eigenvalue weighted by molar-refractivity contribution is -0.384. The number of piperazine rings is 1. The van der Waals surface area contributed by atoms with Gasteiger partial charge < -0.3 is 14.7 Å². The predicted molar refractivity (Wildman–Crippen MR) is 109 cm³/mol. The first-order valence-electron chi connectivity index (χ1n) is 9.02. The molecule has 0 aromatic heterocycles. The smallest absolute Gasteiger partial charge is 0.293 e. The van der Waals surface area contributed by atoms with Gasteiger partial charge in [0.2, 0.25) is 0 Å². The highest BCUT2D eigenvalue weighted by Crippen LogP contribution is 2.28. The number of hydrogen-bond acceptors (Lipinski definition) is 7. The molecule has 1 aliphatic rings. The molecule has 1 aliphatic heterocycles. The number of nitro groups is 2. The molecule has 2 aromatic rings. The summed E-state index contributed by atoms with van der Waals surface area (Å²) in [6.07, 6.45) is 0. The molecule has 2 aromatic carbocycles. The summed E-state index contributed by atoms with van der Waals surface area (Å²) < 4.78 is 0. The second-order valence-electron chi connectivity index (χ2n) is 6.91. The minimum absolute atomic E-state index is 0.0327. The third kappa shape index (κ3) is 4.26. The number of hydrogen-bond donors (Lipinski definition) is 0. The standard InChI is InChI=1S/C19H21N5O5/c1-20(2)17-8-3-14(13-18(17)24(28)29)19(25)22-11-9-21(10-12-22)15-4-6-16(7-5-15)23(26)27/h3-8,13H,9-12H2,1-2H3. The average Bonchev–Trinajstić information content (AvgIpc) is 2.72. The van der Waals surface area contributed by atoms with E-state index in [1.54, 1.807) is 48.2 Å². The summed E-state index contributed by atoms with van der Waals surface area (Å²) in [4.78, 5) is 39.3. The Labute approximate surface area is 167 Å². The molecule has 29 heavy (non-hydrogen) atoms. The molecule has 0 N–H and O–H groups in total. The molecule has 0 unspecified atom stereocenters. The quantitative estimate of drug-likeness (QED) is 0.561. The fraction of sp³-hybridized carbons (Fsp3) is 0.316. The molecule has 0 bridgehead atoms. The van der Waals surface area contributed by atoms with Gasteiger partial charge in [0.25, 0.3) is 17.3 Å². The predicted octanol–water partition coefficient (Wildman–Crippen LogP) is 2.53. The summed E-state index contributed by atoms with van der Waals surface area (Å²) >= 11 is 0. The zero-order chi connectivity index (χ0) is 21.1. The Hall–Kier alpha value is -3.69. The van der Waals surface area contributed by atoms with Crippen molar-refractivity contribution in [3.8, 4) is 0 Å². The maximum Gasteiger partial charge on any atom is 0.293 e. The average molecular weight is 399 g/mol. The summed E-state index contributed by atoms with van der Waals surface area (Å²) in [5.41, 5.74) is 1.50. The van der Waals surface area contributed by atoms with E-state index >= 15 is 0 Å². The van der Waals surface area contributed by atoms with Crippen molar-refractivity contribution in [3.63, 3.8) is 0 Å². The van der Waals surface area contributed by atoms with Crippen molar-refractivity contribution >= 4 is 28.7 Å². The number of anilines is 2. The van der Waals surface area contributed by atoms with Gasteiger partial charge >= 0.3 is 0 Å². The topological polar surface area (TPSA) is 113 Å². The van der Waals surface area contributed by atoms with Gasteiger partial charge in [0.1, 0.15) is 5.69 Å². The van der Waals surface area contributed by atoms with Crippen LogP contribution in [0.4, 0.5) is 22.7 Å². The summed E-state index contributed by atoms with van der Waals surface area (Å²) in [6, 6.07) is 10.8. The van der Waals surface area contributed by atoms with Crippen molar-refractivity contribution in [2.75, 3.05) is 50.1 Å². The Morgan fingerprint density at radius 3 is 2.07 bits per heavy atom. The second kappa shape index (κ2) is 8.13. The molecule has 0 saturated carbocycles. The molecule has 1 amide bonds. The fourth-order valence-corrected chi connectivity index (χ4v) is 3.32. The summed E-state index contributed by atoms with van der Waals surface area (Å²) in [6.45, 7) is 2.06. The van der Waals surface area contributed by atoms with Crippen LogP contribution in [0.3, 0.4) is 0 Å². The van der Waals surface area contributed by atoms with Crippen LogP contribution in [0.1, 0.15) is 10.4 Å². The van der Waals surface area contributed by atoms with Crippen LogP contribution >= 0.6 is 0 Å². The zero-order valence-corrected chi connectivity index (χ0v) is 16.1. The first-order chi connectivity index (χ1) is 13.8. The molecule has 152 valence electrons. The van der Waals surface area contributed by atoms with Crippen LogP contribution in [0.15, 0.2) is 42.5 Å². The molecule has 0 atom stereocenters. The van der Waals surface area contributed by atoms with Crippen LogP contribution in [0, 0.1) is 20.2 Å². The van der Waals surface area contributed by atoms with Crippen molar-refractivity contribution in [1.82, 2.24) is 4.90 Å². The van der Waals surface area contributed by atoms with Gasteiger partial charge in [-0.2, -0.15) is 0 Å². The highest BCUT2D eigenvalue weighted by molar-refractivity contribution is 5.96. The van der Waals surface area contributed by atoms with Gasteiger partial charge in [-0.15, -0.1) is 0 Å². The summed E-state index contributed by atoms with van der Waals surface area (Å²) in [5, 5.41) is 22.1. The number of nitrogens with zero attached hydrogens (tertiary/aromatic N) is 5. The van der Waals surface area contributed by atoms with Gasteiger partial charge in [-0.05, 0) is 24.3 Å². The Kier molecular flexibility index (Phi) is 5.62. The lowest BCUT2D eigenvalue weighted by atomic mass is 10.1. The Morgan fingerprint density at radius 2 is 1.55 bits per heavy atom. The molecular formula is C19H21N5O5. The minimum Gasteiger partial charge on any atom is -0.372 e. The number of benzene rings is 2. The van der Waals surface area contributed by atoms with E-state index in [1.165, 1.54) is 18.2 Å². The number of rotatable bonds is 5. The largest absolute Gasteiger partial charge is 0.372 e. The van der Waals surface area contributed by atoms with Crippen LogP contribution < -0.4 is 9.80 Å². The van der Waals surface area contributed by atoms with E-state index in [0.29, 0.717) is 31.9 Å². The number of carbonyl (C=O) groups excluding carboxylic acids is 1. The Morgan fingerprint density at radius 1 is 0.931 bits per heavy atom. The molecule has 1 fully saturated rings. The highest BCUT2D eigenvalue weighted by atomic mass is 16.6. The van der Waals surface area contributed by atoms with Crippen LogP contribution in [0.2, 0.25) is 0 Å². The molecule has 1 heterocycles. The Bertz CT molecular complexity index is 937. The van der Waals surface area contributed by atoms with E-state index in [2.05, 4.69) is 0 Å². The SMILES string of the molecule is CN(C)c1ccc(C(=O)N2CCN(c3ccc([N+](=O)[O-])cc3)CC2)cc1[N+](=O)[O-].